The van der Waals surface area contributed by atoms with E-state index in [1.807, 2.05) is 10.9 Å². The zero-order valence-electron chi connectivity index (χ0n) is 15.7. The third-order valence-corrected chi connectivity index (χ3v) is 7.81. The van der Waals surface area contributed by atoms with E-state index in [1.54, 1.807) is 0 Å². The van der Waals surface area contributed by atoms with Gasteiger partial charge in [-0.2, -0.15) is 18.4 Å². The van der Waals surface area contributed by atoms with Crippen molar-refractivity contribution in [3.05, 3.63) is 27.0 Å². The summed E-state index contributed by atoms with van der Waals surface area (Å²) in [6, 6.07) is 0. The highest BCUT2D eigenvalue weighted by molar-refractivity contribution is 7.66. The average molecular weight is 522 g/mol. The van der Waals surface area contributed by atoms with Gasteiger partial charge in [-0.25, -0.2) is 18.5 Å². The maximum absolute atomic E-state index is 12.0. The summed E-state index contributed by atoms with van der Waals surface area (Å²) in [6.07, 6.45) is -1.01. The fourth-order valence-corrected chi connectivity index (χ4v) is 5.84. The van der Waals surface area contributed by atoms with E-state index in [0.29, 0.717) is 10.9 Å². The first-order valence-electron chi connectivity index (χ1n) is 8.01. The summed E-state index contributed by atoms with van der Waals surface area (Å²) in [5.74, 6) is 1.99. The molecule has 0 saturated carbocycles. The van der Waals surface area contributed by atoms with Gasteiger partial charge >= 0.3 is 29.2 Å². The van der Waals surface area contributed by atoms with E-state index in [2.05, 4.69) is 18.2 Å². The minimum absolute atomic E-state index is 0.488. The van der Waals surface area contributed by atoms with Gasteiger partial charge in [0.1, 0.15) is 18.4 Å². The van der Waals surface area contributed by atoms with Crippen molar-refractivity contribution < 1.29 is 56.3 Å². The Morgan fingerprint density at radius 2 is 1.88 bits per heavy atom. The van der Waals surface area contributed by atoms with Gasteiger partial charge in [0.2, 0.25) is 0 Å². The average Bonchev–Trinajstić information content (AvgIpc) is 2.84. The number of rotatable bonds is 8. The van der Waals surface area contributed by atoms with E-state index in [-0.39, 0.29) is 0 Å². The van der Waals surface area contributed by atoms with Gasteiger partial charge in [-0.1, -0.05) is 5.92 Å². The van der Waals surface area contributed by atoms with Gasteiger partial charge in [0, 0.05) is 0 Å². The maximum Gasteiger partial charge on any atom is 0.490 e. The second kappa shape index (κ2) is 9.01. The molecule has 0 amide bonds. The second-order valence-electron chi connectivity index (χ2n) is 6.26. The topological polar surface area (TPSA) is 283 Å². The molecular weight excluding hydrogens is 505 g/mol. The lowest BCUT2D eigenvalue weighted by atomic mass is 9.90. The Morgan fingerprint density at radius 1 is 1.28 bits per heavy atom. The van der Waals surface area contributed by atoms with Gasteiger partial charge in [0.25, 0.3) is 5.56 Å². The lowest BCUT2D eigenvalue weighted by molar-refractivity contribution is -0.0794. The number of hydrogen-bond acceptors (Lipinski definition) is 12. The van der Waals surface area contributed by atoms with Crippen molar-refractivity contribution in [2.75, 3.05) is 0 Å². The highest BCUT2D eigenvalue weighted by Gasteiger charge is 2.57. The van der Waals surface area contributed by atoms with Crippen LogP contribution >= 0.6 is 23.5 Å². The Balaban J connectivity index is 2.28. The van der Waals surface area contributed by atoms with Crippen molar-refractivity contribution in [1.82, 2.24) is 14.8 Å². The zero-order chi connectivity index (χ0) is 24.7. The highest BCUT2D eigenvalue weighted by Crippen LogP contribution is 2.66. The van der Waals surface area contributed by atoms with Crippen LogP contribution in [0.25, 0.3) is 0 Å². The molecule has 2 heterocycles. The van der Waals surface area contributed by atoms with E-state index < -0.39 is 64.8 Å². The zero-order valence-corrected chi connectivity index (χ0v) is 18.4. The van der Waals surface area contributed by atoms with E-state index >= 15 is 0 Å². The summed E-state index contributed by atoms with van der Waals surface area (Å²) in [4.78, 5) is 60.9. The van der Waals surface area contributed by atoms with Gasteiger partial charge < -0.3 is 35.2 Å². The molecule has 7 atom stereocenters. The minimum Gasteiger partial charge on any atom is -0.387 e. The van der Waals surface area contributed by atoms with Crippen LogP contribution in [0.2, 0.25) is 0 Å². The molecule has 0 aromatic carbocycles. The number of nitrogens with zero attached hydrogens (tertiary/aromatic N) is 2. The summed E-state index contributed by atoms with van der Waals surface area (Å²) in [5.41, 5.74) is 1.75. The predicted octanol–water partition coefficient (Wildman–Crippen LogP) is -2.75. The molecule has 1 aliphatic rings. The number of ether oxygens (including phenoxy) is 1. The van der Waals surface area contributed by atoms with Gasteiger partial charge in [-0.15, -0.1) is 6.42 Å². The normalized spacial score (nSPS) is 30.8. The quantitative estimate of drug-likeness (QED) is 0.135. The molecule has 1 saturated heterocycles. The van der Waals surface area contributed by atoms with Crippen molar-refractivity contribution in [2.45, 2.75) is 37.0 Å². The summed E-state index contributed by atoms with van der Waals surface area (Å²) >= 11 is 0. The Morgan fingerprint density at radius 3 is 2.38 bits per heavy atom. The summed E-state index contributed by atoms with van der Waals surface area (Å²) in [5, 5.41) is 14.0. The highest BCUT2D eigenvalue weighted by atomic mass is 31.3. The van der Waals surface area contributed by atoms with Crippen LogP contribution in [0.1, 0.15) is 13.2 Å². The number of hydrogen-bond donors (Lipinski definition) is 7. The van der Waals surface area contributed by atoms with E-state index in [0.717, 1.165) is 6.92 Å². The third kappa shape index (κ3) is 6.07. The molecule has 2 rings (SSSR count). The number of aliphatic hydroxyl groups excluding tert-OH is 1. The van der Waals surface area contributed by atoms with E-state index in [1.165, 1.54) is 0 Å². The summed E-state index contributed by atoms with van der Waals surface area (Å²) < 4.78 is 51.7. The van der Waals surface area contributed by atoms with E-state index in [4.69, 9.17) is 26.7 Å². The SMILES string of the molecule is C#CC1(N)[C@@H](O)[C@@H]([C@@H](C)OP(=O)(O)OP(=O)(O)OP(=O)(O)O)O[C@H]1n1ncc(=O)[nH]c1=O. The fourth-order valence-electron chi connectivity index (χ4n) is 2.64. The van der Waals surface area contributed by atoms with Crippen LogP contribution in [0.5, 0.6) is 0 Å². The Labute approximate surface area is 177 Å². The molecular formula is C11H17N4O14P3. The largest absolute Gasteiger partial charge is 0.490 e. The standard InChI is InChI=1S/C11H17N4O14P3/c1-3-11(12)8(17)7(26-9(11)15-10(18)14-6(16)4-13-15)5(2)27-31(22,23)29-32(24,25)28-30(19,20)21/h1,4-5,7-9,17H,12H2,2H3,(H,22,23)(H,24,25)(H,14,16,18)(H2,19,20,21)/t5-,7-,8+,9-,11?/m1/s1. The number of aliphatic hydroxyl groups is 1. The van der Waals surface area contributed by atoms with Crippen molar-refractivity contribution in [3.63, 3.8) is 0 Å². The molecule has 180 valence electrons. The molecule has 1 aliphatic heterocycles. The molecule has 0 bridgehead atoms. The van der Waals surface area contributed by atoms with Gasteiger partial charge in [0.15, 0.2) is 11.8 Å². The van der Waals surface area contributed by atoms with Crippen LogP contribution < -0.4 is 17.0 Å². The van der Waals surface area contributed by atoms with Crippen LogP contribution in [0, 0.1) is 12.3 Å². The Kier molecular flexibility index (Phi) is 7.52. The van der Waals surface area contributed by atoms with E-state index in [9.17, 15) is 38.2 Å². The molecule has 8 N–H and O–H groups in total. The van der Waals surface area contributed by atoms with Crippen molar-refractivity contribution in [1.29, 1.82) is 0 Å². The van der Waals surface area contributed by atoms with Gasteiger partial charge in [0.05, 0.1) is 6.10 Å². The smallest absolute Gasteiger partial charge is 0.387 e. The van der Waals surface area contributed by atoms with Crippen LogP contribution in [-0.2, 0) is 31.6 Å². The van der Waals surface area contributed by atoms with Crippen molar-refractivity contribution in [2.24, 2.45) is 5.73 Å². The molecule has 0 aliphatic carbocycles. The van der Waals surface area contributed by atoms with Crippen molar-refractivity contribution >= 4 is 23.5 Å². The Hall–Kier alpha value is -1.54. The van der Waals surface area contributed by atoms with Gasteiger partial charge in [-0.3, -0.25) is 14.3 Å². The third-order valence-electron chi connectivity index (χ3n) is 3.88. The molecule has 0 radical (unpaired) electrons. The van der Waals surface area contributed by atoms with Crippen LogP contribution in [0.4, 0.5) is 0 Å². The minimum atomic E-state index is -5.79. The fraction of sp³-hybridized carbons (Fsp3) is 0.545. The van der Waals surface area contributed by atoms with Crippen molar-refractivity contribution in [3.8, 4) is 12.3 Å². The molecule has 3 unspecified atom stereocenters. The lowest BCUT2D eigenvalue weighted by Crippen LogP contribution is -2.56. The number of nitrogens with two attached hydrogens (primary N) is 1. The van der Waals surface area contributed by atoms with Crippen LogP contribution in [0.15, 0.2) is 15.8 Å². The Bertz CT molecular complexity index is 1170. The molecule has 1 fully saturated rings. The molecule has 18 nitrogen and oxygen atoms in total. The molecule has 1 aromatic heterocycles. The maximum atomic E-state index is 12.0. The number of aromatic amines is 1. The number of nitrogens with one attached hydrogen (secondary N) is 1. The number of phosphoric ester groups is 1. The van der Waals surface area contributed by atoms with Crippen LogP contribution in [0.3, 0.4) is 0 Å². The first-order valence-corrected chi connectivity index (χ1v) is 12.5. The number of H-pyrrole nitrogens is 1. The van der Waals surface area contributed by atoms with Crippen LogP contribution in [-0.4, -0.2) is 63.3 Å². The molecule has 32 heavy (non-hydrogen) atoms. The summed E-state index contributed by atoms with van der Waals surface area (Å²) in [6.45, 7) is 0.995. The molecule has 0 spiro atoms. The lowest BCUT2D eigenvalue weighted by Gasteiger charge is -2.27. The van der Waals surface area contributed by atoms with Gasteiger partial charge in [-0.05, 0) is 6.92 Å². The first kappa shape index (κ1) is 26.7. The number of terminal acetylenes is 1. The molecule has 1 aromatic rings. The number of phosphoric acid groups is 3. The summed E-state index contributed by atoms with van der Waals surface area (Å²) in [7, 11) is -17.0. The molecule has 21 heteroatoms. The monoisotopic (exact) mass is 522 g/mol. The first-order chi connectivity index (χ1) is 14.4. The second-order valence-corrected chi connectivity index (χ2v) is 10.6. The predicted molar refractivity (Wildman–Crippen MR) is 99.2 cm³/mol. The number of aromatic nitrogens is 3.